The smallest absolute Gasteiger partial charge is 0.299 e. The fraction of sp³-hybridized carbons (Fsp3) is 0.250. The summed E-state index contributed by atoms with van der Waals surface area (Å²) in [4.78, 5) is 4.61. The minimum absolute atomic E-state index is 0.277. The molecular weight excluding hydrogens is 328 g/mol. The first-order valence-corrected chi connectivity index (χ1v) is 7.69. The lowest BCUT2D eigenvalue weighted by Gasteiger charge is -2.06. The number of anilines is 1. The van der Waals surface area contributed by atoms with Gasteiger partial charge in [-0.15, -0.1) is 15.3 Å². The normalized spacial score (nSPS) is 11.7. The van der Waals surface area contributed by atoms with Gasteiger partial charge in [-0.2, -0.15) is 4.52 Å². The zero-order valence-electron chi connectivity index (χ0n) is 13.6. The van der Waals surface area contributed by atoms with Crippen molar-refractivity contribution >= 4 is 22.5 Å². The molecule has 9 heteroatoms. The van der Waals surface area contributed by atoms with Crippen LogP contribution in [0.5, 0.6) is 0 Å². The highest BCUT2D eigenvalue weighted by molar-refractivity contribution is 5.76. The zero-order valence-corrected chi connectivity index (χ0v) is 13.6. The molecule has 128 valence electrons. The average molecular weight is 343 g/mol. The minimum Gasteiger partial charge on any atom is -0.361 e. The van der Waals surface area contributed by atoms with Crippen molar-refractivity contribution in [2.45, 2.75) is 19.9 Å². The Hall–Kier alpha value is -3.10. The molecule has 25 heavy (non-hydrogen) atoms. The van der Waals surface area contributed by atoms with Crippen LogP contribution in [0.1, 0.15) is 23.6 Å². The van der Waals surface area contributed by atoms with E-state index in [9.17, 15) is 8.78 Å². The highest BCUT2D eigenvalue weighted by Gasteiger charge is 2.17. The fourth-order valence-corrected chi connectivity index (χ4v) is 2.72. The molecule has 0 aliphatic heterocycles. The number of rotatable bonds is 4. The molecule has 0 unspecified atom stereocenters. The van der Waals surface area contributed by atoms with Crippen LogP contribution in [-0.4, -0.2) is 29.4 Å². The zero-order chi connectivity index (χ0) is 17.6. The van der Waals surface area contributed by atoms with E-state index in [1.54, 1.807) is 12.1 Å². The molecule has 3 heterocycles. The second kappa shape index (κ2) is 5.76. The average Bonchev–Trinajstić information content (AvgIpc) is 3.13. The quantitative estimate of drug-likeness (QED) is 0.617. The Morgan fingerprint density at radius 1 is 1.16 bits per heavy atom. The van der Waals surface area contributed by atoms with Crippen molar-refractivity contribution < 1.29 is 8.78 Å². The number of alkyl halides is 2. The Bertz CT molecular complexity index is 1070. The number of halogens is 2. The van der Waals surface area contributed by atoms with E-state index in [-0.39, 0.29) is 5.65 Å². The summed E-state index contributed by atoms with van der Waals surface area (Å²) in [6.45, 7) is 2.43. The van der Waals surface area contributed by atoms with Crippen molar-refractivity contribution in [3.8, 4) is 0 Å². The molecule has 4 aromatic rings. The number of fused-ring (bicyclic) bond motifs is 2. The van der Waals surface area contributed by atoms with Crippen LogP contribution in [-0.2, 0) is 13.6 Å². The number of imidazole rings is 1. The van der Waals surface area contributed by atoms with Crippen LogP contribution in [0, 0.1) is 6.92 Å². The summed E-state index contributed by atoms with van der Waals surface area (Å²) in [5.41, 5.74) is 3.37. The van der Waals surface area contributed by atoms with Crippen LogP contribution in [0.3, 0.4) is 0 Å². The molecule has 0 spiro atoms. The lowest BCUT2D eigenvalue weighted by molar-refractivity contribution is 0.137. The molecule has 3 aromatic heterocycles. The Balaban J connectivity index is 1.62. The van der Waals surface area contributed by atoms with Gasteiger partial charge in [-0.1, -0.05) is 6.07 Å². The van der Waals surface area contributed by atoms with Crippen LogP contribution >= 0.6 is 0 Å². The van der Waals surface area contributed by atoms with Crippen LogP contribution in [0.25, 0.3) is 16.7 Å². The summed E-state index contributed by atoms with van der Waals surface area (Å²) < 4.78 is 28.9. The summed E-state index contributed by atoms with van der Waals surface area (Å²) in [6, 6.07) is 9.35. The predicted molar refractivity (Wildman–Crippen MR) is 88.5 cm³/mol. The number of aryl methyl sites for hydroxylation is 2. The maximum atomic E-state index is 12.9. The first kappa shape index (κ1) is 15.4. The summed E-state index contributed by atoms with van der Waals surface area (Å²) in [5.74, 6) is 0.787. The Morgan fingerprint density at radius 3 is 2.80 bits per heavy atom. The number of hydrogen-bond acceptors (Lipinski definition) is 5. The monoisotopic (exact) mass is 343 g/mol. The maximum absolute atomic E-state index is 12.9. The van der Waals surface area contributed by atoms with E-state index in [1.165, 1.54) is 0 Å². The molecule has 7 nitrogen and oxygen atoms in total. The summed E-state index contributed by atoms with van der Waals surface area (Å²) >= 11 is 0. The highest BCUT2D eigenvalue weighted by atomic mass is 19.3. The maximum Gasteiger partial charge on any atom is 0.299 e. The number of benzene rings is 1. The fourth-order valence-electron chi connectivity index (χ4n) is 2.72. The molecule has 0 saturated heterocycles. The van der Waals surface area contributed by atoms with Gasteiger partial charge in [0.15, 0.2) is 5.65 Å². The van der Waals surface area contributed by atoms with E-state index in [1.807, 2.05) is 36.7 Å². The topological polar surface area (TPSA) is 72.9 Å². The highest BCUT2D eigenvalue weighted by Crippen LogP contribution is 2.19. The van der Waals surface area contributed by atoms with Gasteiger partial charge < -0.3 is 9.88 Å². The van der Waals surface area contributed by atoms with E-state index in [0.717, 1.165) is 26.9 Å². The first-order valence-electron chi connectivity index (χ1n) is 7.69. The number of nitrogens with one attached hydrogen (secondary N) is 1. The predicted octanol–water partition coefficient (Wildman–Crippen LogP) is 2.87. The molecule has 0 amide bonds. The van der Waals surface area contributed by atoms with Crippen molar-refractivity contribution in [3.05, 3.63) is 47.5 Å². The van der Waals surface area contributed by atoms with Crippen LogP contribution < -0.4 is 5.32 Å². The molecular formula is C16H15F2N7. The van der Waals surface area contributed by atoms with Gasteiger partial charge >= 0.3 is 0 Å². The third-order valence-electron chi connectivity index (χ3n) is 4.04. The van der Waals surface area contributed by atoms with Gasteiger partial charge in [0.25, 0.3) is 6.43 Å². The largest absolute Gasteiger partial charge is 0.361 e. The van der Waals surface area contributed by atoms with Gasteiger partial charge in [0.1, 0.15) is 11.6 Å². The molecule has 0 bridgehead atoms. The molecule has 0 saturated carbocycles. The molecule has 0 atom stereocenters. The SMILES string of the molecule is Cc1ccc2c(c1)nc(CNc1ccc3nnc(C(F)F)n3n1)n2C. The van der Waals surface area contributed by atoms with Crippen molar-refractivity contribution in [3.63, 3.8) is 0 Å². The second-order valence-electron chi connectivity index (χ2n) is 5.78. The Kier molecular flexibility index (Phi) is 3.56. The van der Waals surface area contributed by atoms with Gasteiger partial charge in [0, 0.05) is 7.05 Å². The molecule has 1 aromatic carbocycles. The molecule has 0 fully saturated rings. The van der Waals surface area contributed by atoms with Crippen molar-refractivity contribution in [2.75, 3.05) is 5.32 Å². The van der Waals surface area contributed by atoms with Gasteiger partial charge in [-0.25, -0.2) is 13.8 Å². The third-order valence-corrected chi connectivity index (χ3v) is 4.04. The first-order chi connectivity index (χ1) is 12.0. The second-order valence-corrected chi connectivity index (χ2v) is 5.78. The molecule has 0 aliphatic rings. The Morgan fingerprint density at radius 2 is 2.00 bits per heavy atom. The molecule has 1 N–H and O–H groups in total. The lowest BCUT2D eigenvalue weighted by atomic mass is 10.2. The van der Waals surface area contributed by atoms with Crippen molar-refractivity contribution in [2.24, 2.45) is 7.05 Å². The molecule has 0 radical (unpaired) electrons. The number of nitrogens with zero attached hydrogens (tertiary/aromatic N) is 6. The van der Waals surface area contributed by atoms with E-state index in [4.69, 9.17) is 0 Å². The molecule has 0 aliphatic carbocycles. The number of hydrogen-bond donors (Lipinski definition) is 1. The van der Waals surface area contributed by atoms with E-state index < -0.39 is 12.2 Å². The van der Waals surface area contributed by atoms with Crippen molar-refractivity contribution in [1.82, 2.24) is 29.4 Å². The minimum atomic E-state index is -2.74. The lowest BCUT2D eigenvalue weighted by Crippen LogP contribution is -2.09. The third kappa shape index (κ3) is 2.67. The summed E-state index contributed by atoms with van der Waals surface area (Å²) in [6.07, 6.45) is -2.74. The Labute approximate surface area is 141 Å². The standard InChI is InChI=1S/C16H15F2N7/c1-9-3-4-11-10(7-9)20-14(24(11)2)8-19-12-5-6-13-21-22-16(15(17)18)25(13)23-12/h3-7,15H,8H2,1-2H3,(H,19,23). The van der Waals surface area contributed by atoms with E-state index in [2.05, 4.69) is 25.6 Å². The van der Waals surface area contributed by atoms with Gasteiger partial charge in [0.2, 0.25) is 5.82 Å². The van der Waals surface area contributed by atoms with E-state index >= 15 is 0 Å². The van der Waals surface area contributed by atoms with Gasteiger partial charge in [-0.3, -0.25) is 0 Å². The van der Waals surface area contributed by atoms with Crippen LogP contribution in [0.4, 0.5) is 14.6 Å². The van der Waals surface area contributed by atoms with E-state index in [0.29, 0.717) is 12.4 Å². The van der Waals surface area contributed by atoms with Gasteiger partial charge in [0.05, 0.1) is 17.6 Å². The van der Waals surface area contributed by atoms with Crippen LogP contribution in [0.15, 0.2) is 30.3 Å². The van der Waals surface area contributed by atoms with Gasteiger partial charge in [-0.05, 0) is 36.8 Å². The number of aromatic nitrogens is 6. The summed E-state index contributed by atoms with van der Waals surface area (Å²) in [5, 5.41) is 14.4. The van der Waals surface area contributed by atoms with Crippen LogP contribution in [0.2, 0.25) is 0 Å². The summed E-state index contributed by atoms with van der Waals surface area (Å²) in [7, 11) is 1.94. The molecule has 4 rings (SSSR count). The van der Waals surface area contributed by atoms with Crippen molar-refractivity contribution in [1.29, 1.82) is 0 Å².